The third-order valence-electron chi connectivity index (χ3n) is 5.45. The Kier molecular flexibility index (Phi) is 5.66. The molecule has 0 aliphatic heterocycles. The van der Waals surface area contributed by atoms with Crippen molar-refractivity contribution in [2.45, 2.75) is 20.4 Å². The molecule has 174 valence electrons. The van der Waals surface area contributed by atoms with Crippen LogP contribution in [0.4, 0.5) is 10.1 Å². The van der Waals surface area contributed by atoms with E-state index in [2.05, 4.69) is 20.4 Å². The van der Waals surface area contributed by atoms with Crippen LogP contribution in [0.5, 0.6) is 0 Å². The number of halogens is 1. The lowest BCUT2D eigenvalue weighted by molar-refractivity contribution is -0.116. The fourth-order valence-electron chi connectivity index (χ4n) is 3.70. The number of hydrogen-bond donors (Lipinski definition) is 1. The van der Waals surface area contributed by atoms with Crippen LogP contribution in [-0.4, -0.2) is 25.6 Å². The summed E-state index contributed by atoms with van der Waals surface area (Å²) in [6.07, 6.45) is 1.48. The standard InChI is InChI=1S/C26H20FN5O3/c1-15-6-9-19(10-7-15)29-22(33)14-32-13-21(23(34)20-11-8-16(2)28-25(20)32)26-30-24(31-35-26)17-4-3-5-18(27)12-17/h3-13H,14H2,1-2H3,(H,29,33). The molecule has 0 atom stereocenters. The second-order valence-electron chi connectivity index (χ2n) is 8.17. The van der Waals surface area contributed by atoms with Crippen molar-refractivity contribution in [3.05, 3.63) is 94.2 Å². The average molecular weight is 469 g/mol. The van der Waals surface area contributed by atoms with Crippen LogP contribution in [0.25, 0.3) is 33.9 Å². The summed E-state index contributed by atoms with van der Waals surface area (Å²) in [5.74, 6) is -0.629. The van der Waals surface area contributed by atoms with E-state index < -0.39 is 5.82 Å². The molecule has 0 aliphatic carbocycles. The van der Waals surface area contributed by atoms with Crippen molar-refractivity contribution < 1.29 is 13.7 Å². The Labute approximate surface area is 199 Å². The smallest absolute Gasteiger partial charge is 0.263 e. The number of carbonyl (C=O) groups excluding carboxylic acids is 1. The molecular weight excluding hydrogens is 449 g/mol. The summed E-state index contributed by atoms with van der Waals surface area (Å²) in [4.78, 5) is 34.9. The highest BCUT2D eigenvalue weighted by Gasteiger charge is 2.19. The van der Waals surface area contributed by atoms with E-state index in [0.29, 0.717) is 28.0 Å². The Morgan fingerprint density at radius 1 is 1.06 bits per heavy atom. The van der Waals surface area contributed by atoms with Gasteiger partial charge in [-0.2, -0.15) is 4.98 Å². The number of carbonyl (C=O) groups is 1. The molecule has 5 rings (SSSR count). The molecule has 0 spiro atoms. The van der Waals surface area contributed by atoms with Crippen molar-refractivity contribution in [2.24, 2.45) is 0 Å². The number of benzene rings is 2. The van der Waals surface area contributed by atoms with Crippen LogP contribution in [-0.2, 0) is 11.3 Å². The van der Waals surface area contributed by atoms with Gasteiger partial charge in [0.2, 0.25) is 17.2 Å². The molecule has 0 unspecified atom stereocenters. The van der Waals surface area contributed by atoms with E-state index in [4.69, 9.17) is 4.52 Å². The summed E-state index contributed by atoms with van der Waals surface area (Å²) in [6.45, 7) is 3.67. The van der Waals surface area contributed by atoms with E-state index in [1.807, 2.05) is 31.2 Å². The zero-order valence-corrected chi connectivity index (χ0v) is 18.9. The SMILES string of the molecule is Cc1ccc(NC(=O)Cn2cc(-c3nc(-c4cccc(F)c4)no3)c(=O)c3ccc(C)nc32)cc1. The molecule has 8 nitrogen and oxygen atoms in total. The Balaban J connectivity index is 1.55. The number of anilines is 1. The molecule has 1 N–H and O–H groups in total. The van der Waals surface area contributed by atoms with Crippen molar-refractivity contribution in [3.63, 3.8) is 0 Å². The third kappa shape index (κ3) is 4.56. The summed E-state index contributed by atoms with van der Waals surface area (Å²) in [5.41, 5.74) is 2.96. The Hall–Kier alpha value is -4.66. The minimum Gasteiger partial charge on any atom is -0.333 e. The second-order valence-corrected chi connectivity index (χ2v) is 8.17. The predicted octanol–water partition coefficient (Wildman–Crippen LogP) is 4.51. The number of aryl methyl sites for hydroxylation is 2. The molecule has 2 aromatic carbocycles. The Bertz CT molecular complexity index is 1620. The van der Waals surface area contributed by atoms with Gasteiger partial charge in [-0.25, -0.2) is 9.37 Å². The van der Waals surface area contributed by atoms with E-state index in [1.165, 1.54) is 24.4 Å². The van der Waals surface area contributed by atoms with Gasteiger partial charge in [0, 0.05) is 23.1 Å². The van der Waals surface area contributed by atoms with Crippen molar-refractivity contribution in [3.8, 4) is 22.8 Å². The zero-order chi connectivity index (χ0) is 24.5. The van der Waals surface area contributed by atoms with Crippen molar-refractivity contribution in [1.82, 2.24) is 19.7 Å². The molecule has 0 bridgehead atoms. The number of aromatic nitrogens is 4. The third-order valence-corrected chi connectivity index (χ3v) is 5.45. The van der Waals surface area contributed by atoms with Crippen LogP contribution in [0.1, 0.15) is 11.3 Å². The molecule has 9 heteroatoms. The first kappa shape index (κ1) is 22.1. The van der Waals surface area contributed by atoms with Gasteiger partial charge in [0.15, 0.2) is 0 Å². The van der Waals surface area contributed by atoms with Gasteiger partial charge >= 0.3 is 0 Å². The zero-order valence-electron chi connectivity index (χ0n) is 18.9. The molecule has 3 aromatic heterocycles. The van der Waals surface area contributed by atoms with Gasteiger partial charge in [-0.1, -0.05) is 35.0 Å². The lowest BCUT2D eigenvalue weighted by Crippen LogP contribution is -2.22. The first-order valence-electron chi connectivity index (χ1n) is 10.8. The fourth-order valence-corrected chi connectivity index (χ4v) is 3.70. The van der Waals surface area contributed by atoms with Crippen LogP contribution < -0.4 is 10.7 Å². The number of fused-ring (bicyclic) bond motifs is 1. The maximum Gasteiger partial charge on any atom is 0.263 e. The highest BCUT2D eigenvalue weighted by Crippen LogP contribution is 2.23. The van der Waals surface area contributed by atoms with E-state index in [0.717, 1.165) is 5.56 Å². The van der Waals surface area contributed by atoms with Gasteiger partial charge in [0.05, 0.1) is 5.39 Å². The molecule has 0 saturated carbocycles. The van der Waals surface area contributed by atoms with Crippen LogP contribution in [0, 0.1) is 19.7 Å². The lowest BCUT2D eigenvalue weighted by atomic mass is 10.1. The lowest BCUT2D eigenvalue weighted by Gasteiger charge is -2.12. The van der Waals surface area contributed by atoms with E-state index in [1.54, 1.807) is 29.7 Å². The summed E-state index contributed by atoms with van der Waals surface area (Å²) in [7, 11) is 0. The molecule has 0 saturated heterocycles. The van der Waals surface area contributed by atoms with Gasteiger partial charge in [-0.05, 0) is 50.2 Å². The average Bonchev–Trinajstić information content (AvgIpc) is 3.32. The van der Waals surface area contributed by atoms with Gasteiger partial charge < -0.3 is 14.4 Å². The van der Waals surface area contributed by atoms with E-state index >= 15 is 0 Å². The van der Waals surface area contributed by atoms with Gasteiger partial charge in [-0.15, -0.1) is 0 Å². The summed E-state index contributed by atoms with van der Waals surface area (Å²) >= 11 is 0. The minimum atomic E-state index is -0.442. The van der Waals surface area contributed by atoms with Gasteiger partial charge in [0.1, 0.15) is 23.6 Å². The molecular formula is C26H20FN5O3. The highest BCUT2D eigenvalue weighted by atomic mass is 19.1. The molecule has 0 fully saturated rings. The number of amides is 1. The fraction of sp³-hybridized carbons (Fsp3) is 0.115. The topological polar surface area (TPSA) is 103 Å². The quantitative estimate of drug-likeness (QED) is 0.406. The first-order chi connectivity index (χ1) is 16.9. The van der Waals surface area contributed by atoms with Crippen molar-refractivity contribution in [1.29, 1.82) is 0 Å². The van der Waals surface area contributed by atoms with Crippen LogP contribution in [0.3, 0.4) is 0 Å². The Morgan fingerprint density at radius 3 is 2.63 bits per heavy atom. The van der Waals surface area contributed by atoms with E-state index in [9.17, 15) is 14.0 Å². The van der Waals surface area contributed by atoms with Crippen molar-refractivity contribution >= 4 is 22.6 Å². The van der Waals surface area contributed by atoms with Crippen LogP contribution >= 0.6 is 0 Å². The number of nitrogens with one attached hydrogen (secondary N) is 1. The largest absolute Gasteiger partial charge is 0.333 e. The van der Waals surface area contributed by atoms with Crippen LogP contribution in [0.15, 0.2) is 76.2 Å². The normalized spacial score (nSPS) is 11.1. The Morgan fingerprint density at radius 2 is 1.86 bits per heavy atom. The second kappa shape index (κ2) is 8.94. The molecule has 35 heavy (non-hydrogen) atoms. The van der Waals surface area contributed by atoms with E-state index in [-0.39, 0.29) is 35.2 Å². The van der Waals surface area contributed by atoms with Crippen molar-refractivity contribution in [2.75, 3.05) is 5.32 Å². The van der Waals surface area contributed by atoms with Gasteiger partial charge in [-0.3, -0.25) is 9.59 Å². The maximum atomic E-state index is 13.6. The minimum absolute atomic E-state index is 0.0376. The highest BCUT2D eigenvalue weighted by molar-refractivity contribution is 5.91. The molecule has 1 amide bonds. The number of nitrogens with zero attached hydrogens (tertiary/aromatic N) is 4. The molecule has 3 heterocycles. The monoisotopic (exact) mass is 469 g/mol. The number of rotatable bonds is 5. The maximum absolute atomic E-state index is 13.6. The molecule has 5 aromatic rings. The number of pyridine rings is 2. The first-order valence-corrected chi connectivity index (χ1v) is 10.8. The summed E-state index contributed by atoms with van der Waals surface area (Å²) in [6, 6.07) is 16.6. The summed E-state index contributed by atoms with van der Waals surface area (Å²) < 4.78 is 20.5. The summed E-state index contributed by atoms with van der Waals surface area (Å²) in [5, 5.41) is 7.05. The van der Waals surface area contributed by atoms with Crippen LogP contribution in [0.2, 0.25) is 0 Å². The number of hydrogen-bond acceptors (Lipinski definition) is 6. The van der Waals surface area contributed by atoms with Gasteiger partial charge in [0.25, 0.3) is 5.89 Å². The predicted molar refractivity (Wildman–Crippen MR) is 129 cm³/mol. The molecule has 0 aliphatic rings. The molecule has 0 radical (unpaired) electrons.